The number of pyridine rings is 1. The molecule has 6 nitrogen and oxygen atoms in total. The Hall–Kier alpha value is -2.32. The van der Waals surface area contributed by atoms with Gasteiger partial charge < -0.3 is 15.5 Å². The smallest absolute Gasteiger partial charge is 0.343 e. The van der Waals surface area contributed by atoms with Gasteiger partial charge in [0.15, 0.2) is 0 Å². The Morgan fingerprint density at radius 2 is 1.95 bits per heavy atom. The maximum atomic E-state index is 12.0. The van der Waals surface area contributed by atoms with Crippen LogP contribution in [0.4, 0.5) is 18.0 Å². The predicted octanol–water partition coefficient (Wildman–Crippen LogP) is 1.14. The molecular formula is C12H15F3N4O2. The molecule has 21 heavy (non-hydrogen) atoms. The number of nitrogens with zero attached hydrogens (tertiary/aromatic N) is 2. The van der Waals surface area contributed by atoms with Crippen LogP contribution in [0.25, 0.3) is 0 Å². The van der Waals surface area contributed by atoms with Crippen LogP contribution in [0.1, 0.15) is 16.1 Å². The number of alkyl halides is 3. The van der Waals surface area contributed by atoms with E-state index in [1.165, 1.54) is 23.2 Å². The van der Waals surface area contributed by atoms with Crippen molar-refractivity contribution in [3.8, 4) is 0 Å². The van der Waals surface area contributed by atoms with Crippen molar-refractivity contribution in [1.82, 2.24) is 20.5 Å². The molecule has 0 bridgehead atoms. The second kappa shape index (κ2) is 6.91. The van der Waals surface area contributed by atoms with Crippen molar-refractivity contribution in [3.05, 3.63) is 29.6 Å². The van der Waals surface area contributed by atoms with Gasteiger partial charge in [-0.15, -0.1) is 0 Å². The summed E-state index contributed by atoms with van der Waals surface area (Å²) in [6, 6.07) is 2.27. The molecule has 0 saturated heterocycles. The number of carbonyl (C=O) groups is 2. The van der Waals surface area contributed by atoms with Crippen LogP contribution in [0.2, 0.25) is 0 Å². The van der Waals surface area contributed by atoms with E-state index in [1.807, 2.05) is 0 Å². The van der Waals surface area contributed by atoms with Gasteiger partial charge >= 0.3 is 12.2 Å². The maximum Gasteiger partial charge on any atom is 0.405 e. The third kappa shape index (κ3) is 6.11. The minimum atomic E-state index is -4.47. The molecule has 0 atom stereocenters. The highest BCUT2D eigenvalue weighted by atomic mass is 19.4. The van der Waals surface area contributed by atoms with E-state index in [1.54, 1.807) is 19.4 Å². The molecule has 0 radical (unpaired) electrons. The molecule has 116 valence electrons. The van der Waals surface area contributed by atoms with Crippen molar-refractivity contribution < 1.29 is 22.8 Å². The quantitative estimate of drug-likeness (QED) is 0.876. The largest absolute Gasteiger partial charge is 0.405 e. The molecular weight excluding hydrogens is 289 g/mol. The second-order valence-corrected chi connectivity index (χ2v) is 4.39. The molecule has 0 spiro atoms. The van der Waals surface area contributed by atoms with E-state index in [2.05, 4.69) is 10.3 Å². The normalized spacial score (nSPS) is 10.9. The lowest BCUT2D eigenvalue weighted by Crippen LogP contribution is -2.35. The number of urea groups is 1. The van der Waals surface area contributed by atoms with E-state index < -0.39 is 18.6 Å². The van der Waals surface area contributed by atoms with E-state index in [0.29, 0.717) is 5.69 Å². The standard InChI is InChI=1S/C12H15F3N4O2/c1-19(2)11(21)17-6-9-5-8(3-4-16-9)10(20)18-7-12(13,14)15/h3-5H,6-7H2,1-2H3,(H,17,21)(H,18,20). The number of aromatic nitrogens is 1. The van der Waals surface area contributed by atoms with Crippen LogP contribution in [0.15, 0.2) is 18.3 Å². The van der Waals surface area contributed by atoms with Gasteiger partial charge in [0.05, 0.1) is 12.2 Å². The van der Waals surface area contributed by atoms with Gasteiger partial charge in [-0.1, -0.05) is 0 Å². The van der Waals surface area contributed by atoms with Gasteiger partial charge in [-0.05, 0) is 12.1 Å². The number of hydrogen-bond acceptors (Lipinski definition) is 3. The molecule has 2 N–H and O–H groups in total. The Bertz CT molecular complexity index is 517. The molecule has 0 aliphatic heterocycles. The minimum absolute atomic E-state index is 0.0448. The molecule has 0 fully saturated rings. The summed E-state index contributed by atoms with van der Waals surface area (Å²) in [5.41, 5.74) is 0.410. The first-order chi connectivity index (χ1) is 9.69. The average molecular weight is 304 g/mol. The SMILES string of the molecule is CN(C)C(=O)NCc1cc(C(=O)NCC(F)(F)F)ccn1. The van der Waals surface area contributed by atoms with E-state index in [4.69, 9.17) is 0 Å². The number of carbonyl (C=O) groups excluding carboxylic acids is 2. The summed E-state index contributed by atoms with van der Waals surface area (Å²) >= 11 is 0. The first-order valence-corrected chi connectivity index (χ1v) is 5.94. The summed E-state index contributed by atoms with van der Waals surface area (Å²) in [4.78, 5) is 28.1. The molecule has 0 unspecified atom stereocenters. The molecule has 1 aromatic heterocycles. The Kier molecular flexibility index (Phi) is 5.51. The lowest BCUT2D eigenvalue weighted by Gasteiger charge is -2.12. The summed E-state index contributed by atoms with van der Waals surface area (Å²) in [7, 11) is 3.12. The molecule has 3 amide bonds. The van der Waals surface area contributed by atoms with E-state index >= 15 is 0 Å². The highest BCUT2D eigenvalue weighted by Crippen LogP contribution is 2.12. The summed E-state index contributed by atoms with van der Waals surface area (Å²) in [6.45, 7) is -1.34. The first kappa shape index (κ1) is 16.7. The van der Waals surface area contributed by atoms with Crippen LogP contribution in [0.3, 0.4) is 0 Å². The number of halogens is 3. The predicted molar refractivity (Wildman–Crippen MR) is 68.5 cm³/mol. The zero-order chi connectivity index (χ0) is 16.0. The van der Waals surface area contributed by atoms with E-state index in [9.17, 15) is 22.8 Å². The minimum Gasteiger partial charge on any atom is -0.343 e. The Balaban J connectivity index is 2.63. The molecule has 1 rings (SSSR count). The zero-order valence-electron chi connectivity index (χ0n) is 11.5. The highest BCUT2D eigenvalue weighted by Gasteiger charge is 2.27. The van der Waals surface area contributed by atoms with Crippen LogP contribution < -0.4 is 10.6 Å². The van der Waals surface area contributed by atoms with Crippen LogP contribution in [0, 0.1) is 0 Å². The van der Waals surface area contributed by atoms with Gasteiger partial charge in [0.2, 0.25) is 0 Å². The number of amides is 3. The molecule has 0 aromatic carbocycles. The van der Waals surface area contributed by atoms with E-state index in [0.717, 1.165) is 0 Å². The van der Waals surface area contributed by atoms with Crippen molar-refractivity contribution in [2.24, 2.45) is 0 Å². The lowest BCUT2D eigenvalue weighted by molar-refractivity contribution is -0.123. The van der Waals surface area contributed by atoms with Crippen molar-refractivity contribution in [3.63, 3.8) is 0 Å². The molecule has 0 saturated carbocycles. The van der Waals surface area contributed by atoms with E-state index in [-0.39, 0.29) is 18.1 Å². The van der Waals surface area contributed by atoms with Crippen molar-refractivity contribution in [2.75, 3.05) is 20.6 Å². The van der Waals surface area contributed by atoms with Gasteiger partial charge in [0.25, 0.3) is 5.91 Å². The molecule has 1 heterocycles. The Morgan fingerprint density at radius 1 is 1.29 bits per heavy atom. The third-order valence-electron chi connectivity index (χ3n) is 2.36. The molecule has 9 heteroatoms. The zero-order valence-corrected chi connectivity index (χ0v) is 11.5. The number of nitrogens with one attached hydrogen (secondary N) is 2. The summed E-state index contributed by atoms with van der Waals surface area (Å²) in [5.74, 6) is -0.852. The third-order valence-corrected chi connectivity index (χ3v) is 2.36. The van der Waals surface area contributed by atoms with Gasteiger partial charge in [0.1, 0.15) is 6.54 Å². The fourth-order valence-electron chi connectivity index (χ4n) is 1.32. The molecule has 0 aliphatic carbocycles. The maximum absolute atomic E-state index is 12.0. The van der Waals surface area contributed by atoms with Crippen molar-refractivity contribution in [1.29, 1.82) is 0 Å². The average Bonchev–Trinajstić information content (AvgIpc) is 2.41. The fraction of sp³-hybridized carbons (Fsp3) is 0.417. The summed E-state index contributed by atoms with van der Waals surface area (Å²) in [5, 5.41) is 4.30. The Morgan fingerprint density at radius 3 is 2.52 bits per heavy atom. The van der Waals surface area contributed by atoms with Crippen LogP contribution in [-0.2, 0) is 6.54 Å². The lowest BCUT2D eigenvalue weighted by atomic mass is 10.2. The topological polar surface area (TPSA) is 74.3 Å². The van der Waals surface area contributed by atoms with Crippen molar-refractivity contribution >= 4 is 11.9 Å². The van der Waals surface area contributed by atoms with Gasteiger partial charge in [-0.25, -0.2) is 4.79 Å². The number of rotatable bonds is 4. The highest BCUT2D eigenvalue weighted by molar-refractivity contribution is 5.94. The monoisotopic (exact) mass is 304 g/mol. The van der Waals surface area contributed by atoms with Crippen LogP contribution in [-0.4, -0.2) is 48.6 Å². The van der Waals surface area contributed by atoms with Gasteiger partial charge in [0, 0.05) is 25.9 Å². The van der Waals surface area contributed by atoms with Crippen LogP contribution in [0.5, 0.6) is 0 Å². The fourth-order valence-corrected chi connectivity index (χ4v) is 1.32. The number of hydrogen-bond donors (Lipinski definition) is 2. The van der Waals surface area contributed by atoms with Crippen LogP contribution >= 0.6 is 0 Å². The first-order valence-electron chi connectivity index (χ1n) is 5.94. The summed E-state index contributed by atoms with van der Waals surface area (Å²) in [6.07, 6.45) is -3.18. The van der Waals surface area contributed by atoms with Gasteiger partial charge in [-0.3, -0.25) is 9.78 Å². The second-order valence-electron chi connectivity index (χ2n) is 4.39. The molecule has 1 aromatic rings. The van der Waals surface area contributed by atoms with Crippen molar-refractivity contribution in [2.45, 2.75) is 12.7 Å². The molecule has 0 aliphatic rings. The van der Waals surface area contributed by atoms with Gasteiger partial charge in [-0.2, -0.15) is 13.2 Å². The Labute approximate surface area is 119 Å². The summed E-state index contributed by atoms with van der Waals surface area (Å²) < 4.78 is 36.1.